The highest BCUT2D eigenvalue weighted by molar-refractivity contribution is 7.89. The molecule has 5 nitrogen and oxygen atoms in total. The van der Waals surface area contributed by atoms with Gasteiger partial charge in [-0.3, -0.25) is 4.79 Å². The quantitative estimate of drug-likeness (QED) is 0.936. The van der Waals surface area contributed by atoms with Crippen molar-refractivity contribution in [3.63, 3.8) is 0 Å². The molecule has 2 aromatic carbocycles. The van der Waals surface area contributed by atoms with Gasteiger partial charge >= 0.3 is 0 Å². The molecule has 0 unspecified atom stereocenters. The number of rotatable bonds is 4. The van der Waals surface area contributed by atoms with Crippen molar-refractivity contribution in [2.45, 2.75) is 0 Å². The Morgan fingerprint density at radius 1 is 1.09 bits per heavy atom. The van der Waals surface area contributed by atoms with Gasteiger partial charge in [-0.15, -0.1) is 0 Å². The van der Waals surface area contributed by atoms with Gasteiger partial charge in [-0.25, -0.2) is 21.9 Å². The van der Waals surface area contributed by atoms with E-state index < -0.39 is 27.6 Å². The zero-order chi connectivity index (χ0) is 16.3. The van der Waals surface area contributed by atoms with Gasteiger partial charge in [0.1, 0.15) is 11.6 Å². The number of hydrogen-bond donors (Lipinski definition) is 1. The molecule has 1 N–H and O–H groups in total. The Morgan fingerprint density at radius 3 is 2.32 bits per heavy atom. The van der Waals surface area contributed by atoms with Crippen LogP contribution in [0.15, 0.2) is 42.5 Å². The van der Waals surface area contributed by atoms with Crippen LogP contribution in [0.4, 0.5) is 8.78 Å². The number of ether oxygens (including phenoxy) is 1. The molecular weight excluding hydrogens is 316 g/mol. The predicted molar refractivity (Wildman–Crippen MR) is 75.2 cm³/mol. The summed E-state index contributed by atoms with van der Waals surface area (Å²) in [6.07, 6.45) is 0.856. The molecule has 2 aromatic rings. The molecule has 0 bridgehead atoms. The van der Waals surface area contributed by atoms with Crippen LogP contribution >= 0.6 is 0 Å². The maximum absolute atomic E-state index is 13.4. The largest absolute Gasteiger partial charge is 0.454 e. The Hall–Kier alpha value is -2.48. The predicted octanol–water partition coefficient (Wildman–Crippen LogP) is 2.45. The van der Waals surface area contributed by atoms with Crippen LogP contribution in [0.5, 0.6) is 11.5 Å². The van der Waals surface area contributed by atoms with Crippen molar-refractivity contribution in [2.24, 2.45) is 0 Å². The van der Waals surface area contributed by atoms with E-state index in [-0.39, 0.29) is 17.1 Å². The van der Waals surface area contributed by atoms with Crippen molar-refractivity contribution >= 4 is 15.9 Å². The number of halogens is 2. The van der Waals surface area contributed by atoms with E-state index in [0.717, 1.165) is 24.5 Å². The Balaban J connectivity index is 2.15. The molecule has 0 heterocycles. The van der Waals surface area contributed by atoms with Gasteiger partial charge < -0.3 is 4.74 Å². The van der Waals surface area contributed by atoms with E-state index in [1.54, 1.807) is 4.72 Å². The fraction of sp³-hybridized carbons (Fsp3) is 0.0714. The Morgan fingerprint density at radius 2 is 1.73 bits per heavy atom. The first-order chi connectivity index (χ1) is 10.2. The van der Waals surface area contributed by atoms with Gasteiger partial charge in [0.2, 0.25) is 10.0 Å². The molecule has 0 aliphatic carbocycles. The highest BCUT2D eigenvalue weighted by Gasteiger charge is 2.12. The summed E-state index contributed by atoms with van der Waals surface area (Å²) in [5.41, 5.74) is 0.0810. The van der Waals surface area contributed by atoms with Gasteiger partial charge in [-0.05, 0) is 36.4 Å². The maximum Gasteiger partial charge on any atom is 0.264 e. The molecule has 0 spiro atoms. The highest BCUT2D eigenvalue weighted by atomic mass is 32.2. The maximum atomic E-state index is 13.4. The number of sulfonamides is 1. The van der Waals surface area contributed by atoms with Crippen LogP contribution in [0.25, 0.3) is 0 Å². The van der Waals surface area contributed by atoms with E-state index in [0.29, 0.717) is 0 Å². The number of carbonyl (C=O) groups is 1. The first kappa shape index (κ1) is 15.9. The molecule has 8 heteroatoms. The summed E-state index contributed by atoms with van der Waals surface area (Å²) in [7, 11) is -3.66. The van der Waals surface area contributed by atoms with Crippen LogP contribution in [-0.2, 0) is 10.0 Å². The van der Waals surface area contributed by atoms with Crippen LogP contribution in [0, 0.1) is 11.6 Å². The lowest BCUT2D eigenvalue weighted by atomic mass is 10.2. The Bertz CT molecular complexity index is 804. The van der Waals surface area contributed by atoms with Crippen LogP contribution in [-0.4, -0.2) is 20.6 Å². The summed E-state index contributed by atoms with van der Waals surface area (Å²) < 4.78 is 55.3. The molecule has 1 amide bonds. The third-order valence-corrected chi connectivity index (χ3v) is 3.07. The summed E-state index contributed by atoms with van der Waals surface area (Å²) in [6.45, 7) is 0. The van der Waals surface area contributed by atoms with Crippen LogP contribution < -0.4 is 9.46 Å². The fourth-order valence-corrected chi connectivity index (χ4v) is 2.04. The summed E-state index contributed by atoms with van der Waals surface area (Å²) in [6, 6.07) is 8.04. The van der Waals surface area contributed by atoms with E-state index in [4.69, 9.17) is 4.74 Å². The summed E-state index contributed by atoms with van der Waals surface area (Å²) in [4.78, 5) is 11.6. The molecule has 0 fully saturated rings. The first-order valence-electron chi connectivity index (χ1n) is 6.00. The average molecular weight is 327 g/mol. The molecule has 116 valence electrons. The second-order valence-electron chi connectivity index (χ2n) is 4.40. The minimum Gasteiger partial charge on any atom is -0.454 e. The molecule has 0 aliphatic heterocycles. The third-order valence-electron chi connectivity index (χ3n) is 2.52. The molecule has 0 atom stereocenters. The van der Waals surface area contributed by atoms with Gasteiger partial charge in [0.15, 0.2) is 11.6 Å². The van der Waals surface area contributed by atoms with Crippen molar-refractivity contribution in [3.8, 4) is 11.5 Å². The van der Waals surface area contributed by atoms with E-state index in [1.165, 1.54) is 24.3 Å². The van der Waals surface area contributed by atoms with Crippen LogP contribution in [0.3, 0.4) is 0 Å². The number of amides is 1. The van der Waals surface area contributed by atoms with Crippen LogP contribution in [0.1, 0.15) is 10.4 Å². The van der Waals surface area contributed by atoms with Gasteiger partial charge in [-0.1, -0.05) is 0 Å². The van der Waals surface area contributed by atoms with Gasteiger partial charge in [0, 0.05) is 11.6 Å². The molecule has 22 heavy (non-hydrogen) atoms. The lowest BCUT2D eigenvalue weighted by molar-refractivity contribution is 0.0981. The van der Waals surface area contributed by atoms with Crippen molar-refractivity contribution in [3.05, 3.63) is 59.7 Å². The van der Waals surface area contributed by atoms with E-state index in [9.17, 15) is 22.0 Å². The zero-order valence-corrected chi connectivity index (χ0v) is 12.2. The number of benzene rings is 2. The molecule has 0 saturated heterocycles. The molecular formula is C14H11F2NO4S. The normalized spacial score (nSPS) is 11.0. The SMILES string of the molecule is CS(=O)(=O)NC(=O)c1ccc(Oc2cc(F)ccc2F)cc1. The number of hydrogen-bond acceptors (Lipinski definition) is 4. The zero-order valence-electron chi connectivity index (χ0n) is 11.3. The highest BCUT2D eigenvalue weighted by Crippen LogP contribution is 2.25. The van der Waals surface area contributed by atoms with Gasteiger partial charge in [0.05, 0.1) is 6.26 Å². The lowest BCUT2D eigenvalue weighted by Gasteiger charge is -2.08. The number of nitrogens with one attached hydrogen (secondary N) is 1. The third kappa shape index (κ3) is 4.26. The van der Waals surface area contributed by atoms with E-state index in [1.807, 2.05) is 0 Å². The smallest absolute Gasteiger partial charge is 0.264 e. The first-order valence-corrected chi connectivity index (χ1v) is 7.89. The van der Waals surface area contributed by atoms with Crippen LogP contribution in [0.2, 0.25) is 0 Å². The standard InChI is InChI=1S/C14H11F2NO4S/c1-22(19,20)17-14(18)9-2-5-11(6-3-9)21-13-8-10(15)4-7-12(13)16/h2-8H,1H3,(H,17,18). The van der Waals surface area contributed by atoms with Crippen molar-refractivity contribution in [1.29, 1.82) is 0 Å². The summed E-state index contributed by atoms with van der Waals surface area (Å²) in [5, 5.41) is 0. The number of carbonyl (C=O) groups excluding carboxylic acids is 1. The van der Waals surface area contributed by atoms with Gasteiger partial charge in [0.25, 0.3) is 5.91 Å². The lowest BCUT2D eigenvalue weighted by Crippen LogP contribution is -2.29. The molecule has 0 aliphatic rings. The topological polar surface area (TPSA) is 72.5 Å². The van der Waals surface area contributed by atoms with Crippen molar-refractivity contribution < 1.29 is 26.7 Å². The molecule has 0 saturated carbocycles. The minimum absolute atomic E-state index is 0.0810. The fourth-order valence-electron chi connectivity index (χ4n) is 1.58. The van der Waals surface area contributed by atoms with Crippen molar-refractivity contribution in [2.75, 3.05) is 6.26 Å². The monoisotopic (exact) mass is 327 g/mol. The second-order valence-corrected chi connectivity index (χ2v) is 6.15. The molecule has 0 radical (unpaired) electrons. The Labute approximate surface area is 125 Å². The Kier molecular flexibility index (Phi) is 4.41. The van der Waals surface area contributed by atoms with E-state index in [2.05, 4.69) is 0 Å². The molecule has 2 rings (SSSR count). The second kappa shape index (κ2) is 6.10. The van der Waals surface area contributed by atoms with Gasteiger partial charge in [-0.2, -0.15) is 0 Å². The van der Waals surface area contributed by atoms with E-state index >= 15 is 0 Å². The summed E-state index contributed by atoms with van der Waals surface area (Å²) >= 11 is 0. The summed E-state index contributed by atoms with van der Waals surface area (Å²) in [5.74, 6) is -2.32. The average Bonchev–Trinajstić information content (AvgIpc) is 2.42. The molecule has 0 aromatic heterocycles. The minimum atomic E-state index is -3.66. The van der Waals surface area contributed by atoms with Crippen molar-refractivity contribution in [1.82, 2.24) is 4.72 Å².